The van der Waals surface area contributed by atoms with Crippen LogP contribution in [0.5, 0.6) is 0 Å². The van der Waals surface area contributed by atoms with Gasteiger partial charge < -0.3 is 14.6 Å². The fourth-order valence-corrected chi connectivity index (χ4v) is 3.49. The lowest BCUT2D eigenvalue weighted by Crippen LogP contribution is -2.25. The van der Waals surface area contributed by atoms with Gasteiger partial charge in [0.2, 0.25) is 0 Å². The number of aliphatic hydroxyl groups excluding tert-OH is 1. The third kappa shape index (κ3) is 2.76. The van der Waals surface area contributed by atoms with Gasteiger partial charge in [-0.1, -0.05) is 6.92 Å². The molecule has 0 saturated heterocycles. The number of fused-ring (bicyclic) bond motifs is 2. The van der Waals surface area contributed by atoms with E-state index in [2.05, 4.69) is 6.92 Å². The zero-order chi connectivity index (χ0) is 11.4. The van der Waals surface area contributed by atoms with E-state index in [1.54, 1.807) is 0 Å². The molecule has 2 aliphatic rings. The summed E-state index contributed by atoms with van der Waals surface area (Å²) in [6.07, 6.45) is 4.31. The van der Waals surface area contributed by atoms with Gasteiger partial charge in [0, 0.05) is 0 Å². The summed E-state index contributed by atoms with van der Waals surface area (Å²) >= 11 is 0. The molecule has 4 unspecified atom stereocenters. The van der Waals surface area contributed by atoms with E-state index in [1.165, 1.54) is 19.3 Å². The maximum absolute atomic E-state index is 8.54. The van der Waals surface area contributed by atoms with Crippen LogP contribution < -0.4 is 0 Å². The van der Waals surface area contributed by atoms with Crippen LogP contribution in [0.4, 0.5) is 0 Å². The van der Waals surface area contributed by atoms with Crippen molar-refractivity contribution in [1.29, 1.82) is 0 Å². The Morgan fingerprint density at radius 2 is 1.81 bits per heavy atom. The number of hydrogen-bond acceptors (Lipinski definition) is 3. The van der Waals surface area contributed by atoms with Gasteiger partial charge in [-0.15, -0.1) is 0 Å². The summed E-state index contributed by atoms with van der Waals surface area (Å²) in [4.78, 5) is 0. The van der Waals surface area contributed by atoms with Crippen molar-refractivity contribution in [2.75, 3.05) is 33.0 Å². The van der Waals surface area contributed by atoms with Crippen LogP contribution in [0.3, 0.4) is 0 Å². The Bertz CT molecular complexity index is 205. The Morgan fingerprint density at radius 1 is 1.06 bits per heavy atom. The molecule has 3 heteroatoms. The van der Waals surface area contributed by atoms with Crippen molar-refractivity contribution in [3.05, 3.63) is 0 Å². The van der Waals surface area contributed by atoms with E-state index in [1.807, 2.05) is 0 Å². The standard InChI is InChI=1S/C13H24O3/c1-10-11-2-3-12(8-11)13(10)9-16-7-6-15-5-4-14/h10-14H,2-9H2,1H3. The van der Waals surface area contributed by atoms with Gasteiger partial charge >= 0.3 is 0 Å². The minimum atomic E-state index is 0.101. The van der Waals surface area contributed by atoms with Crippen LogP contribution >= 0.6 is 0 Å². The predicted octanol–water partition coefficient (Wildman–Crippen LogP) is 1.69. The van der Waals surface area contributed by atoms with Crippen molar-refractivity contribution in [2.45, 2.75) is 26.2 Å². The summed E-state index contributed by atoms with van der Waals surface area (Å²) in [5.74, 6) is 3.55. The Balaban J connectivity index is 1.56. The van der Waals surface area contributed by atoms with Gasteiger partial charge in [-0.2, -0.15) is 0 Å². The smallest absolute Gasteiger partial charge is 0.0701 e. The number of aliphatic hydroxyl groups is 1. The van der Waals surface area contributed by atoms with E-state index in [0.717, 1.165) is 30.3 Å². The Kier molecular flexibility index (Phi) is 4.62. The highest BCUT2D eigenvalue weighted by Crippen LogP contribution is 2.51. The van der Waals surface area contributed by atoms with Crippen LogP contribution in [0.25, 0.3) is 0 Å². The molecule has 0 spiro atoms. The second-order valence-electron chi connectivity index (χ2n) is 5.27. The molecule has 2 rings (SSSR count). The lowest BCUT2D eigenvalue weighted by atomic mass is 9.81. The molecule has 0 aromatic rings. The predicted molar refractivity (Wildman–Crippen MR) is 62.2 cm³/mol. The van der Waals surface area contributed by atoms with Gasteiger partial charge in [0.05, 0.1) is 33.0 Å². The Hall–Kier alpha value is -0.120. The summed E-state index contributed by atoms with van der Waals surface area (Å²) in [7, 11) is 0. The largest absolute Gasteiger partial charge is 0.394 e. The Morgan fingerprint density at radius 3 is 2.50 bits per heavy atom. The van der Waals surface area contributed by atoms with Crippen molar-refractivity contribution in [3.63, 3.8) is 0 Å². The van der Waals surface area contributed by atoms with Crippen LogP contribution in [0.1, 0.15) is 26.2 Å². The lowest BCUT2D eigenvalue weighted by Gasteiger charge is -2.27. The number of rotatable bonds is 7. The molecule has 0 heterocycles. The zero-order valence-electron chi connectivity index (χ0n) is 10.2. The first-order chi connectivity index (χ1) is 7.83. The van der Waals surface area contributed by atoms with Crippen molar-refractivity contribution in [2.24, 2.45) is 23.7 Å². The molecular formula is C13H24O3. The van der Waals surface area contributed by atoms with Crippen molar-refractivity contribution in [3.8, 4) is 0 Å². The first kappa shape index (κ1) is 12.3. The number of ether oxygens (including phenoxy) is 2. The van der Waals surface area contributed by atoms with Crippen LogP contribution in [-0.4, -0.2) is 38.1 Å². The molecule has 94 valence electrons. The highest BCUT2D eigenvalue weighted by Gasteiger charge is 2.44. The lowest BCUT2D eigenvalue weighted by molar-refractivity contribution is 0.00701. The molecule has 2 saturated carbocycles. The highest BCUT2D eigenvalue weighted by atomic mass is 16.5. The van der Waals surface area contributed by atoms with E-state index in [9.17, 15) is 0 Å². The van der Waals surface area contributed by atoms with Gasteiger partial charge in [0.25, 0.3) is 0 Å². The molecule has 16 heavy (non-hydrogen) atoms. The molecule has 0 radical (unpaired) electrons. The van der Waals surface area contributed by atoms with Crippen LogP contribution in [0.15, 0.2) is 0 Å². The average Bonchev–Trinajstić information content (AvgIpc) is 2.86. The van der Waals surface area contributed by atoms with Gasteiger partial charge in [-0.05, 0) is 42.9 Å². The highest BCUT2D eigenvalue weighted by molar-refractivity contribution is 4.94. The molecule has 2 fully saturated rings. The fourth-order valence-electron chi connectivity index (χ4n) is 3.49. The molecule has 4 atom stereocenters. The number of hydrogen-bond donors (Lipinski definition) is 1. The molecule has 0 aromatic carbocycles. The van der Waals surface area contributed by atoms with E-state index in [4.69, 9.17) is 14.6 Å². The molecule has 1 N–H and O–H groups in total. The molecule has 2 aliphatic carbocycles. The van der Waals surface area contributed by atoms with Gasteiger partial charge in [-0.25, -0.2) is 0 Å². The maximum atomic E-state index is 8.54. The fraction of sp³-hybridized carbons (Fsp3) is 1.00. The quantitative estimate of drug-likeness (QED) is 0.674. The van der Waals surface area contributed by atoms with Gasteiger partial charge in [-0.3, -0.25) is 0 Å². The third-order valence-electron chi connectivity index (χ3n) is 4.46. The summed E-state index contributed by atoms with van der Waals surface area (Å²) < 4.78 is 10.8. The van der Waals surface area contributed by atoms with Crippen LogP contribution in [0, 0.1) is 23.7 Å². The van der Waals surface area contributed by atoms with Crippen LogP contribution in [-0.2, 0) is 9.47 Å². The van der Waals surface area contributed by atoms with E-state index >= 15 is 0 Å². The SMILES string of the molecule is CC1C2CCC(C2)C1COCCOCCO. The molecular weight excluding hydrogens is 204 g/mol. The summed E-state index contributed by atoms with van der Waals surface area (Å²) in [6.45, 7) is 5.10. The molecule has 3 nitrogen and oxygen atoms in total. The zero-order valence-corrected chi connectivity index (χ0v) is 10.2. The van der Waals surface area contributed by atoms with E-state index < -0.39 is 0 Å². The normalized spacial score (nSPS) is 37.1. The topological polar surface area (TPSA) is 38.7 Å². The molecule has 0 amide bonds. The Labute approximate surface area is 98.1 Å². The molecule has 2 bridgehead atoms. The van der Waals surface area contributed by atoms with Crippen molar-refractivity contribution < 1.29 is 14.6 Å². The first-order valence-electron chi connectivity index (χ1n) is 6.59. The second kappa shape index (κ2) is 5.99. The molecule has 0 aromatic heterocycles. The van der Waals surface area contributed by atoms with Crippen LogP contribution in [0.2, 0.25) is 0 Å². The minimum absolute atomic E-state index is 0.101. The summed E-state index contributed by atoms with van der Waals surface area (Å²) in [6, 6.07) is 0. The van der Waals surface area contributed by atoms with Gasteiger partial charge in [0.1, 0.15) is 0 Å². The van der Waals surface area contributed by atoms with E-state index in [0.29, 0.717) is 19.8 Å². The monoisotopic (exact) mass is 228 g/mol. The second-order valence-corrected chi connectivity index (χ2v) is 5.27. The van der Waals surface area contributed by atoms with E-state index in [-0.39, 0.29) is 6.61 Å². The minimum Gasteiger partial charge on any atom is -0.394 e. The summed E-state index contributed by atoms with van der Waals surface area (Å²) in [5.41, 5.74) is 0. The molecule has 0 aliphatic heterocycles. The summed E-state index contributed by atoms with van der Waals surface area (Å²) in [5, 5.41) is 8.54. The first-order valence-corrected chi connectivity index (χ1v) is 6.59. The third-order valence-corrected chi connectivity index (χ3v) is 4.46. The van der Waals surface area contributed by atoms with Crippen molar-refractivity contribution in [1.82, 2.24) is 0 Å². The average molecular weight is 228 g/mol. The van der Waals surface area contributed by atoms with Crippen molar-refractivity contribution >= 4 is 0 Å². The van der Waals surface area contributed by atoms with Gasteiger partial charge in [0.15, 0.2) is 0 Å². The maximum Gasteiger partial charge on any atom is 0.0701 e.